The Hall–Kier alpha value is -2.62. The Bertz CT molecular complexity index is 712. The molecule has 2 rings (SSSR count). The lowest BCUT2D eigenvalue weighted by atomic mass is 10.1. The number of hydrogen-bond donors (Lipinski definition) is 1. The molecule has 0 fully saturated rings. The lowest BCUT2D eigenvalue weighted by Crippen LogP contribution is -2.41. The van der Waals surface area contributed by atoms with Gasteiger partial charge in [0.05, 0.1) is 5.56 Å². The minimum absolute atomic E-state index is 0.00725. The highest BCUT2D eigenvalue weighted by Crippen LogP contribution is 2.08. The van der Waals surface area contributed by atoms with Gasteiger partial charge >= 0.3 is 5.97 Å². The van der Waals surface area contributed by atoms with Crippen LogP contribution in [-0.2, 0) is 16.0 Å². The summed E-state index contributed by atoms with van der Waals surface area (Å²) >= 11 is 0. The maximum atomic E-state index is 12.2. The average molecular weight is 339 g/mol. The van der Waals surface area contributed by atoms with Crippen LogP contribution in [-0.4, -0.2) is 24.0 Å². The molecule has 2 atom stereocenters. The van der Waals surface area contributed by atoms with Crippen LogP contribution in [0.25, 0.3) is 0 Å². The highest BCUT2D eigenvalue weighted by molar-refractivity contribution is 5.92. The first-order chi connectivity index (χ1) is 12.0. The van der Waals surface area contributed by atoms with Crippen LogP contribution in [0.5, 0.6) is 0 Å². The molecule has 4 nitrogen and oxygen atoms in total. The zero-order valence-electron chi connectivity index (χ0n) is 15.0. The lowest BCUT2D eigenvalue weighted by Gasteiger charge is -2.18. The van der Waals surface area contributed by atoms with Gasteiger partial charge in [-0.15, -0.1) is 0 Å². The summed E-state index contributed by atoms with van der Waals surface area (Å²) in [6, 6.07) is 17.3. The third-order valence-corrected chi connectivity index (χ3v) is 4.00. The summed E-state index contributed by atoms with van der Waals surface area (Å²) in [4.78, 5) is 24.3. The Balaban J connectivity index is 1.80. The maximum Gasteiger partial charge on any atom is 0.338 e. The van der Waals surface area contributed by atoms with E-state index in [4.69, 9.17) is 4.74 Å². The number of aryl methyl sites for hydroxylation is 2. The Kier molecular flexibility index (Phi) is 6.75. The lowest BCUT2D eigenvalue weighted by molar-refractivity contribution is -0.129. The molecule has 0 unspecified atom stereocenters. The number of ether oxygens (including phenoxy) is 1. The van der Waals surface area contributed by atoms with E-state index < -0.39 is 12.1 Å². The van der Waals surface area contributed by atoms with Gasteiger partial charge in [0.25, 0.3) is 5.91 Å². The highest BCUT2D eigenvalue weighted by Gasteiger charge is 2.20. The van der Waals surface area contributed by atoms with Crippen molar-refractivity contribution in [2.45, 2.75) is 45.8 Å². The Morgan fingerprint density at radius 3 is 2.44 bits per heavy atom. The van der Waals surface area contributed by atoms with Crippen molar-refractivity contribution in [2.75, 3.05) is 0 Å². The predicted octanol–water partition coefficient (Wildman–Crippen LogP) is 3.68. The normalized spacial score (nSPS) is 12.9. The van der Waals surface area contributed by atoms with E-state index in [-0.39, 0.29) is 11.9 Å². The number of nitrogens with one attached hydrogen (secondary N) is 1. The Labute approximate surface area is 149 Å². The van der Waals surface area contributed by atoms with Crippen LogP contribution in [0, 0.1) is 6.92 Å². The third-order valence-electron chi connectivity index (χ3n) is 4.00. The minimum Gasteiger partial charge on any atom is -0.449 e. The van der Waals surface area contributed by atoms with Gasteiger partial charge in [0.2, 0.25) is 0 Å². The van der Waals surface area contributed by atoms with E-state index >= 15 is 0 Å². The third kappa shape index (κ3) is 6.07. The van der Waals surface area contributed by atoms with Gasteiger partial charge in [-0.2, -0.15) is 0 Å². The predicted molar refractivity (Wildman–Crippen MR) is 98.4 cm³/mol. The SMILES string of the molecule is Cc1cccc(C(=O)O[C@H](C)C(=O)N[C@H](C)CCc2ccccc2)c1. The summed E-state index contributed by atoms with van der Waals surface area (Å²) in [5.41, 5.74) is 2.67. The molecule has 132 valence electrons. The van der Waals surface area contributed by atoms with Crippen LogP contribution in [0.2, 0.25) is 0 Å². The maximum absolute atomic E-state index is 12.2. The van der Waals surface area contributed by atoms with Crippen LogP contribution >= 0.6 is 0 Å². The van der Waals surface area contributed by atoms with Crippen molar-refractivity contribution in [1.29, 1.82) is 0 Å². The molecule has 0 heterocycles. The summed E-state index contributed by atoms with van der Waals surface area (Å²) in [6.45, 7) is 5.45. The number of carbonyl (C=O) groups is 2. The molecule has 0 bridgehead atoms. The van der Waals surface area contributed by atoms with E-state index in [1.165, 1.54) is 5.56 Å². The Morgan fingerprint density at radius 2 is 1.76 bits per heavy atom. The molecule has 1 amide bonds. The average Bonchev–Trinajstić information content (AvgIpc) is 2.60. The number of hydrogen-bond acceptors (Lipinski definition) is 3. The fourth-order valence-corrected chi connectivity index (χ4v) is 2.51. The molecule has 2 aromatic carbocycles. The standard InChI is InChI=1S/C21H25NO3/c1-15-8-7-11-19(14-15)21(24)25-17(3)20(23)22-16(2)12-13-18-9-5-4-6-10-18/h4-11,14,16-17H,12-13H2,1-3H3,(H,22,23)/t16-,17-/m1/s1. The molecule has 0 aliphatic rings. The topological polar surface area (TPSA) is 55.4 Å². The number of benzene rings is 2. The summed E-state index contributed by atoms with van der Waals surface area (Å²) in [7, 11) is 0. The molecule has 0 spiro atoms. The van der Waals surface area contributed by atoms with Crippen molar-refractivity contribution in [3.05, 3.63) is 71.3 Å². The van der Waals surface area contributed by atoms with Crippen LogP contribution in [0.15, 0.2) is 54.6 Å². The van der Waals surface area contributed by atoms with Crippen molar-refractivity contribution in [1.82, 2.24) is 5.32 Å². The van der Waals surface area contributed by atoms with E-state index in [9.17, 15) is 9.59 Å². The van der Waals surface area contributed by atoms with Crippen molar-refractivity contribution in [3.63, 3.8) is 0 Å². The molecule has 0 aliphatic carbocycles. The van der Waals surface area contributed by atoms with Gasteiger partial charge in [0, 0.05) is 6.04 Å². The van der Waals surface area contributed by atoms with E-state index in [0.717, 1.165) is 18.4 Å². The van der Waals surface area contributed by atoms with Crippen molar-refractivity contribution >= 4 is 11.9 Å². The van der Waals surface area contributed by atoms with E-state index in [1.807, 2.05) is 38.1 Å². The largest absolute Gasteiger partial charge is 0.449 e. The molecule has 0 aromatic heterocycles. The molecule has 25 heavy (non-hydrogen) atoms. The van der Waals surface area contributed by atoms with Crippen LogP contribution in [0.1, 0.15) is 41.8 Å². The van der Waals surface area contributed by atoms with Gasteiger partial charge in [-0.05, 0) is 51.3 Å². The molecule has 0 aliphatic heterocycles. The zero-order valence-corrected chi connectivity index (χ0v) is 15.0. The summed E-state index contributed by atoms with van der Waals surface area (Å²) in [6.07, 6.45) is 0.890. The van der Waals surface area contributed by atoms with Gasteiger partial charge in [0.15, 0.2) is 6.10 Å². The molecular formula is C21H25NO3. The van der Waals surface area contributed by atoms with Crippen molar-refractivity contribution in [3.8, 4) is 0 Å². The van der Waals surface area contributed by atoms with Crippen LogP contribution in [0.4, 0.5) is 0 Å². The summed E-state index contributed by atoms with van der Waals surface area (Å²) in [5.74, 6) is -0.759. The monoisotopic (exact) mass is 339 g/mol. The Morgan fingerprint density at radius 1 is 1.04 bits per heavy atom. The highest BCUT2D eigenvalue weighted by atomic mass is 16.5. The van der Waals surface area contributed by atoms with Gasteiger partial charge in [-0.1, -0.05) is 48.0 Å². The molecule has 4 heteroatoms. The zero-order chi connectivity index (χ0) is 18.2. The molecular weight excluding hydrogens is 314 g/mol. The van der Waals surface area contributed by atoms with Gasteiger partial charge in [0.1, 0.15) is 0 Å². The number of carbonyl (C=O) groups excluding carboxylic acids is 2. The molecule has 1 N–H and O–H groups in total. The summed E-state index contributed by atoms with van der Waals surface area (Å²) < 4.78 is 5.27. The summed E-state index contributed by atoms with van der Waals surface area (Å²) in [5, 5.41) is 2.90. The fraction of sp³-hybridized carbons (Fsp3) is 0.333. The minimum atomic E-state index is -0.827. The van der Waals surface area contributed by atoms with Crippen molar-refractivity contribution in [2.24, 2.45) is 0 Å². The number of rotatable bonds is 7. The second-order valence-electron chi connectivity index (χ2n) is 6.35. The first-order valence-corrected chi connectivity index (χ1v) is 8.57. The quantitative estimate of drug-likeness (QED) is 0.783. The molecule has 0 radical (unpaired) electrons. The number of amides is 1. The first-order valence-electron chi connectivity index (χ1n) is 8.57. The van der Waals surface area contributed by atoms with E-state index in [2.05, 4.69) is 17.4 Å². The fourth-order valence-electron chi connectivity index (χ4n) is 2.51. The van der Waals surface area contributed by atoms with Gasteiger partial charge in [-0.25, -0.2) is 4.79 Å². The molecule has 2 aromatic rings. The second kappa shape index (κ2) is 9.02. The van der Waals surface area contributed by atoms with Crippen LogP contribution < -0.4 is 5.32 Å². The van der Waals surface area contributed by atoms with Gasteiger partial charge in [-0.3, -0.25) is 4.79 Å². The smallest absolute Gasteiger partial charge is 0.338 e. The van der Waals surface area contributed by atoms with Crippen molar-refractivity contribution < 1.29 is 14.3 Å². The first kappa shape index (κ1) is 18.7. The van der Waals surface area contributed by atoms with Gasteiger partial charge < -0.3 is 10.1 Å². The van der Waals surface area contributed by atoms with E-state index in [1.54, 1.807) is 25.1 Å². The van der Waals surface area contributed by atoms with E-state index in [0.29, 0.717) is 5.56 Å². The molecule has 0 saturated carbocycles. The number of esters is 1. The second-order valence-corrected chi connectivity index (χ2v) is 6.35. The molecule has 0 saturated heterocycles. The van der Waals surface area contributed by atoms with Crippen LogP contribution in [0.3, 0.4) is 0 Å².